The summed E-state index contributed by atoms with van der Waals surface area (Å²) in [4.78, 5) is 10.9. The number of para-hydroxylation sites is 2. The van der Waals surface area contributed by atoms with Gasteiger partial charge in [0.05, 0.1) is 30.8 Å². The summed E-state index contributed by atoms with van der Waals surface area (Å²) in [5, 5.41) is 17.6. The normalized spacial score (nSPS) is 11.2. The van der Waals surface area contributed by atoms with Gasteiger partial charge in [-0.25, -0.2) is 32.8 Å². The fourth-order valence-corrected chi connectivity index (χ4v) is 13.8. The van der Waals surface area contributed by atoms with Gasteiger partial charge < -0.3 is 17.7 Å². The van der Waals surface area contributed by atoms with E-state index in [0.29, 0.717) is 33.8 Å². The van der Waals surface area contributed by atoms with Crippen molar-refractivity contribution in [3.05, 3.63) is 277 Å². The molecule has 0 saturated carbocycles. The topological polar surface area (TPSA) is 105 Å². The van der Waals surface area contributed by atoms with Crippen LogP contribution in [0.15, 0.2) is 188 Å². The number of pyridine rings is 4. The van der Waals surface area contributed by atoms with Crippen molar-refractivity contribution >= 4 is 105 Å². The van der Waals surface area contributed by atoms with E-state index >= 15 is 0 Å². The molecule has 0 fully saturated rings. The molecular weight excluding hydrogens is 1230 g/mol. The van der Waals surface area contributed by atoms with Crippen LogP contribution in [0.1, 0.15) is 72.3 Å². The van der Waals surface area contributed by atoms with Gasteiger partial charge in [-0.2, -0.15) is 5.26 Å². The summed E-state index contributed by atoms with van der Waals surface area (Å²) >= 11 is 0. The number of fused-ring (bicyclic) bond motifs is 12. The third-order valence-corrected chi connectivity index (χ3v) is 19.8. The molecule has 12 nitrogen and oxygen atoms in total. The Bertz CT molecular complexity index is 6220. The predicted molar refractivity (Wildman–Crippen MR) is 402 cm³/mol. The Labute approximate surface area is 582 Å². The Balaban J connectivity index is 0.000000119. The van der Waals surface area contributed by atoms with Crippen LogP contribution in [-0.2, 0) is 28.2 Å². The molecule has 12 heteroatoms. The number of furan rings is 4. The Morgan fingerprint density at radius 1 is 0.310 bits per heavy atom. The third-order valence-electron chi connectivity index (χ3n) is 19.8. The highest BCUT2D eigenvalue weighted by atomic mass is 16.3. The molecule has 16 aromatic rings. The monoisotopic (exact) mass is 1310 g/mol. The second kappa shape index (κ2) is 26.2. The van der Waals surface area contributed by atoms with Gasteiger partial charge >= 0.3 is 0 Å². The van der Waals surface area contributed by atoms with E-state index in [9.17, 15) is 5.26 Å². The highest BCUT2D eigenvalue weighted by molar-refractivity contribution is 6.13. The number of rotatable bonds is 4. The zero-order valence-electron chi connectivity index (χ0n) is 59.4. The van der Waals surface area contributed by atoms with E-state index in [2.05, 4.69) is 235 Å². The highest BCUT2D eigenvalue weighted by Crippen LogP contribution is 2.44. The maximum atomic E-state index is 9.33. The van der Waals surface area contributed by atoms with Gasteiger partial charge in [-0.1, -0.05) is 48.5 Å². The SMILES string of the molecule is Cc1cc(-c2cc3c(cc2C)oc2c(C#N)cccc23)[n+](C)cc1C.[C-]#[N+]c1c(-c2cc(C)c(C)c[n+]2C)c(C)cc2c1oc1ccccc12.[C-]#[N+]c1ccc2c(c1)oc1cc(C)c(-c3cc(C)c(C)c[n+]3C)cc12.[C-]#[N+]c1ccc2oc3cc(C)c(-c4cc(C)c(C)c[n+]4C)cc3c2c1. The summed E-state index contributed by atoms with van der Waals surface area (Å²) in [5.41, 5.74) is 32.5. The molecular formula is C88H76N8O4+4. The van der Waals surface area contributed by atoms with Crippen LogP contribution in [0.3, 0.4) is 0 Å². The molecule has 0 unspecified atom stereocenters. The molecule has 488 valence electrons. The first kappa shape index (κ1) is 66.1. The van der Waals surface area contributed by atoms with Gasteiger partial charge in [0.25, 0.3) is 0 Å². The average molecular weight is 1310 g/mol. The summed E-state index contributed by atoms with van der Waals surface area (Å²) in [6, 6.07) is 51.0. The van der Waals surface area contributed by atoms with Crippen molar-refractivity contribution in [3.8, 4) is 51.1 Å². The zero-order chi connectivity index (χ0) is 70.9. The molecule has 8 aromatic heterocycles. The van der Waals surface area contributed by atoms with E-state index in [4.69, 9.17) is 37.4 Å². The first-order valence-electron chi connectivity index (χ1n) is 33.2. The molecule has 0 bridgehead atoms. The molecule has 100 heavy (non-hydrogen) atoms. The molecule has 0 spiro atoms. The standard InChI is InChI=1S/4C22H19N2O/c1-13-8-20(24(5)12-15(13)3)17-11-19-18-10-16(23-4)6-7-21(18)25-22(19)9-14(17)2;1-13-8-20(24(5)12-15(13)3)18-11-19-17-7-6-16(23-4)10-22(17)25-21(19)9-14(18)2;1-13-11-18(24(5)12-15(13)3)20-14(2)10-17-16-8-6-7-9-19(16)25-22(17)21(20)23-4;1-13-8-20(24(4)12-15(13)3)18-10-19-17-7-5-6-16(11-23)22(17)25-21(19)9-14(18)2/h3*6-12H,1-3,5H3;5-10,12H,1-4H3/q4*+1. The molecule has 0 radical (unpaired) electrons. The minimum atomic E-state index is 0.574. The molecule has 0 aliphatic heterocycles. The summed E-state index contributed by atoms with van der Waals surface area (Å²) in [7, 11) is 8.27. The maximum absolute atomic E-state index is 9.33. The van der Waals surface area contributed by atoms with E-state index < -0.39 is 0 Å². The number of nitriles is 1. The number of hydrogen-bond donors (Lipinski definition) is 0. The highest BCUT2D eigenvalue weighted by Gasteiger charge is 2.26. The zero-order valence-corrected chi connectivity index (χ0v) is 59.4. The number of nitrogens with zero attached hydrogens (tertiary/aromatic N) is 8. The predicted octanol–water partition coefficient (Wildman–Crippen LogP) is 21.5. The van der Waals surface area contributed by atoms with Gasteiger partial charge in [0.15, 0.2) is 41.7 Å². The molecule has 0 saturated heterocycles. The second-order valence-corrected chi connectivity index (χ2v) is 26.7. The Morgan fingerprint density at radius 2 is 0.710 bits per heavy atom. The van der Waals surface area contributed by atoms with Crippen molar-refractivity contribution in [2.45, 2.75) is 83.1 Å². The van der Waals surface area contributed by atoms with Crippen LogP contribution in [0.4, 0.5) is 17.1 Å². The number of aromatic nitrogens is 4. The molecule has 0 amide bonds. The molecule has 16 rings (SSSR count). The minimum absolute atomic E-state index is 0.574. The molecule has 0 aliphatic carbocycles. The number of benzene rings is 8. The Kier molecular flexibility index (Phi) is 17.3. The van der Waals surface area contributed by atoms with Crippen LogP contribution in [0.2, 0.25) is 0 Å². The summed E-state index contributed by atoms with van der Waals surface area (Å²) in [6.07, 6.45) is 8.61. The van der Waals surface area contributed by atoms with Crippen molar-refractivity contribution in [1.29, 1.82) is 5.26 Å². The van der Waals surface area contributed by atoms with E-state index in [1.165, 1.54) is 89.4 Å². The lowest BCUT2D eigenvalue weighted by Gasteiger charge is -2.09. The molecule has 8 aromatic carbocycles. The van der Waals surface area contributed by atoms with Crippen LogP contribution >= 0.6 is 0 Å². The van der Waals surface area contributed by atoms with Crippen molar-refractivity contribution in [3.63, 3.8) is 0 Å². The quantitative estimate of drug-likeness (QED) is 0.129. The first-order valence-corrected chi connectivity index (χ1v) is 33.2. The van der Waals surface area contributed by atoms with Gasteiger partial charge in [-0.3, -0.25) is 0 Å². The summed E-state index contributed by atoms with van der Waals surface area (Å²) in [5.74, 6) is 0. The van der Waals surface area contributed by atoms with E-state index in [-0.39, 0.29) is 0 Å². The largest absolute Gasteiger partial charge is 0.467 e. The van der Waals surface area contributed by atoms with Gasteiger partial charge in [0.2, 0.25) is 28.5 Å². The van der Waals surface area contributed by atoms with Crippen LogP contribution < -0.4 is 18.3 Å². The molecule has 8 heterocycles. The second-order valence-electron chi connectivity index (χ2n) is 26.7. The van der Waals surface area contributed by atoms with Crippen molar-refractivity contribution in [1.82, 2.24) is 0 Å². The number of aryl methyl sites for hydroxylation is 16. The van der Waals surface area contributed by atoms with Crippen molar-refractivity contribution in [2.24, 2.45) is 28.2 Å². The lowest BCUT2D eigenvalue weighted by Crippen LogP contribution is -2.31. The minimum Gasteiger partial charge on any atom is -0.467 e. The smallest absolute Gasteiger partial charge is 0.243 e. The maximum Gasteiger partial charge on any atom is 0.243 e. The molecule has 0 N–H and O–H groups in total. The fraction of sp³-hybridized carbons (Fsp3) is 0.182. The van der Waals surface area contributed by atoms with Gasteiger partial charge in [-0.15, -0.1) is 0 Å². The fourth-order valence-electron chi connectivity index (χ4n) is 13.8. The third kappa shape index (κ3) is 11.9. The van der Waals surface area contributed by atoms with Crippen molar-refractivity contribution in [2.75, 3.05) is 0 Å². The number of hydrogen-bond acceptors (Lipinski definition) is 5. The molecule has 0 aliphatic rings. The van der Waals surface area contributed by atoms with Gasteiger partial charge in [0, 0.05) is 106 Å². The summed E-state index contributed by atoms with van der Waals surface area (Å²) < 4.78 is 32.6. The summed E-state index contributed by atoms with van der Waals surface area (Å²) in [6.45, 7) is 47.6. The average Bonchev–Trinajstić information content (AvgIpc) is 1.58. The lowest BCUT2D eigenvalue weighted by molar-refractivity contribution is -0.660. The van der Waals surface area contributed by atoms with Gasteiger partial charge in [-0.05, 0) is 200 Å². The Morgan fingerprint density at radius 3 is 1.23 bits per heavy atom. The van der Waals surface area contributed by atoms with Crippen LogP contribution in [0, 0.1) is 114 Å². The van der Waals surface area contributed by atoms with Crippen molar-refractivity contribution < 1.29 is 35.9 Å². The van der Waals surface area contributed by atoms with E-state index in [0.717, 1.165) is 99.0 Å². The molecule has 0 atom stereocenters. The van der Waals surface area contributed by atoms with Gasteiger partial charge in [0.1, 0.15) is 73.3 Å². The Hall–Kier alpha value is -12.5. The first-order chi connectivity index (χ1) is 47.9. The lowest BCUT2D eigenvalue weighted by atomic mass is 9.97. The van der Waals surface area contributed by atoms with Crippen LogP contribution in [0.5, 0.6) is 0 Å². The van der Waals surface area contributed by atoms with E-state index in [1.807, 2.05) is 73.8 Å². The van der Waals surface area contributed by atoms with E-state index in [1.54, 1.807) is 12.1 Å². The van der Waals surface area contributed by atoms with Crippen LogP contribution in [-0.4, -0.2) is 0 Å². The van der Waals surface area contributed by atoms with Crippen LogP contribution in [0.25, 0.3) is 147 Å².